The van der Waals surface area contributed by atoms with Gasteiger partial charge in [0.1, 0.15) is 16.3 Å². The van der Waals surface area contributed by atoms with Crippen molar-refractivity contribution in [3.63, 3.8) is 0 Å². The minimum Gasteiger partial charge on any atom is -0.444 e. The fourth-order valence-electron chi connectivity index (χ4n) is 3.03. The molecule has 0 bridgehead atoms. The number of hydrogen-bond donors (Lipinski definition) is 0. The van der Waals surface area contributed by atoms with Crippen molar-refractivity contribution in [3.05, 3.63) is 16.4 Å². The van der Waals surface area contributed by atoms with E-state index in [1.54, 1.807) is 4.90 Å². The number of aryl methyl sites for hydroxylation is 2. The second-order valence-electron chi connectivity index (χ2n) is 7.49. The Morgan fingerprint density at radius 2 is 1.69 bits per heavy atom. The number of thiazole rings is 1. The quantitative estimate of drug-likeness (QED) is 0.760. The van der Waals surface area contributed by atoms with Gasteiger partial charge in [0.25, 0.3) is 5.91 Å². The molecule has 0 aliphatic carbocycles. The zero-order chi connectivity index (χ0) is 19.1. The summed E-state index contributed by atoms with van der Waals surface area (Å²) in [5.41, 5.74) is 0.346. The molecule has 2 aromatic heterocycles. The Kier molecular flexibility index (Phi) is 4.92. The Labute approximate surface area is 156 Å². The summed E-state index contributed by atoms with van der Waals surface area (Å²) >= 11 is 1.36. The summed E-state index contributed by atoms with van der Waals surface area (Å²) < 4.78 is 7.35. The predicted octanol–water partition coefficient (Wildman–Crippen LogP) is 2.49. The molecule has 0 atom stereocenters. The highest BCUT2D eigenvalue weighted by Gasteiger charge is 2.28. The van der Waals surface area contributed by atoms with Crippen molar-refractivity contribution in [1.82, 2.24) is 24.4 Å². The van der Waals surface area contributed by atoms with Crippen LogP contribution >= 0.6 is 11.3 Å². The zero-order valence-corrected chi connectivity index (χ0v) is 16.7. The van der Waals surface area contributed by atoms with Crippen LogP contribution in [0.25, 0.3) is 4.96 Å². The van der Waals surface area contributed by atoms with Crippen LogP contribution in [-0.4, -0.2) is 68.2 Å². The average molecular weight is 379 g/mol. The van der Waals surface area contributed by atoms with E-state index in [9.17, 15) is 9.59 Å². The van der Waals surface area contributed by atoms with E-state index in [0.717, 1.165) is 22.9 Å². The Morgan fingerprint density at radius 3 is 2.35 bits per heavy atom. The van der Waals surface area contributed by atoms with Crippen molar-refractivity contribution in [3.8, 4) is 0 Å². The number of hydrogen-bond acceptors (Lipinski definition) is 6. The van der Waals surface area contributed by atoms with Crippen LogP contribution in [-0.2, 0) is 4.74 Å². The maximum atomic E-state index is 13.0. The van der Waals surface area contributed by atoms with Crippen molar-refractivity contribution in [2.24, 2.45) is 0 Å². The first-order valence-electron chi connectivity index (χ1n) is 8.75. The number of aromatic nitrogens is 3. The fraction of sp³-hybridized carbons (Fsp3) is 0.647. The van der Waals surface area contributed by atoms with Crippen molar-refractivity contribution in [1.29, 1.82) is 0 Å². The molecule has 0 N–H and O–H groups in total. The summed E-state index contributed by atoms with van der Waals surface area (Å²) in [6.45, 7) is 11.5. The number of amides is 2. The third-order valence-corrected chi connectivity index (χ3v) is 5.40. The maximum absolute atomic E-state index is 13.0. The second kappa shape index (κ2) is 6.86. The van der Waals surface area contributed by atoms with Gasteiger partial charge in [-0.15, -0.1) is 10.2 Å². The van der Waals surface area contributed by atoms with Crippen LogP contribution in [0.2, 0.25) is 0 Å². The van der Waals surface area contributed by atoms with Crippen LogP contribution in [0.5, 0.6) is 0 Å². The molecule has 1 aliphatic rings. The molecule has 3 rings (SSSR count). The molecule has 8 nitrogen and oxygen atoms in total. The number of carbonyl (C=O) groups is 2. The van der Waals surface area contributed by atoms with Crippen LogP contribution in [0.1, 0.15) is 48.4 Å². The van der Waals surface area contributed by atoms with Crippen molar-refractivity contribution in [2.75, 3.05) is 26.2 Å². The summed E-state index contributed by atoms with van der Waals surface area (Å²) in [5.74, 6) is 0.767. The van der Waals surface area contributed by atoms with Gasteiger partial charge in [-0.2, -0.15) is 0 Å². The summed E-state index contributed by atoms with van der Waals surface area (Å²) in [6.07, 6.45) is 0.409. The smallest absolute Gasteiger partial charge is 0.410 e. The molecule has 0 unspecified atom stereocenters. The van der Waals surface area contributed by atoms with Crippen LogP contribution < -0.4 is 0 Å². The second-order valence-corrected chi connectivity index (χ2v) is 8.47. The van der Waals surface area contributed by atoms with Gasteiger partial charge in [-0.3, -0.25) is 9.20 Å². The van der Waals surface area contributed by atoms with Gasteiger partial charge in [0.15, 0.2) is 0 Å². The van der Waals surface area contributed by atoms with Gasteiger partial charge in [-0.1, -0.05) is 11.3 Å². The lowest BCUT2D eigenvalue weighted by molar-refractivity contribution is 0.0255. The third kappa shape index (κ3) is 3.67. The van der Waals surface area contributed by atoms with Crippen LogP contribution in [0.3, 0.4) is 0 Å². The Morgan fingerprint density at radius 1 is 1.04 bits per heavy atom. The predicted molar refractivity (Wildman–Crippen MR) is 98.7 cm³/mol. The number of fused-ring (bicyclic) bond motifs is 1. The van der Waals surface area contributed by atoms with Crippen molar-refractivity contribution >= 4 is 28.3 Å². The highest BCUT2D eigenvalue weighted by atomic mass is 32.1. The number of rotatable bonds is 1. The van der Waals surface area contributed by atoms with E-state index in [1.807, 2.05) is 43.9 Å². The van der Waals surface area contributed by atoms with Crippen molar-refractivity contribution < 1.29 is 14.3 Å². The summed E-state index contributed by atoms with van der Waals surface area (Å²) in [5, 5.41) is 8.15. The molecule has 1 aliphatic heterocycles. The monoisotopic (exact) mass is 379 g/mol. The lowest BCUT2D eigenvalue weighted by Crippen LogP contribution is -2.40. The molecule has 9 heteroatoms. The summed E-state index contributed by atoms with van der Waals surface area (Å²) in [4.78, 5) is 30.2. The Bertz CT molecular complexity index is 835. The first kappa shape index (κ1) is 18.6. The molecular formula is C17H25N5O3S. The maximum Gasteiger partial charge on any atom is 0.410 e. The van der Waals surface area contributed by atoms with Crippen molar-refractivity contribution in [2.45, 2.75) is 46.6 Å². The first-order valence-corrected chi connectivity index (χ1v) is 9.57. The van der Waals surface area contributed by atoms with Gasteiger partial charge in [0.2, 0.25) is 4.96 Å². The average Bonchev–Trinajstić information content (AvgIpc) is 2.94. The summed E-state index contributed by atoms with van der Waals surface area (Å²) in [6, 6.07) is 0. The van der Waals surface area contributed by atoms with Gasteiger partial charge >= 0.3 is 6.09 Å². The normalized spacial score (nSPS) is 16.0. The molecule has 0 radical (unpaired) electrons. The van der Waals surface area contributed by atoms with E-state index in [4.69, 9.17) is 4.74 Å². The molecule has 3 heterocycles. The fourth-order valence-corrected chi connectivity index (χ4v) is 4.11. The Balaban J connectivity index is 1.71. The van der Waals surface area contributed by atoms with E-state index >= 15 is 0 Å². The number of nitrogens with zero attached hydrogens (tertiary/aromatic N) is 5. The lowest BCUT2D eigenvalue weighted by atomic mass is 10.2. The zero-order valence-electron chi connectivity index (χ0n) is 15.9. The SMILES string of the molecule is Cc1nnc2sc(C(=O)N3CCCN(C(=O)OC(C)(C)C)CC3)c(C)n12. The van der Waals surface area contributed by atoms with Gasteiger partial charge in [0.05, 0.1) is 0 Å². The van der Waals surface area contributed by atoms with Gasteiger partial charge in [0, 0.05) is 31.9 Å². The van der Waals surface area contributed by atoms with E-state index in [-0.39, 0.29) is 12.0 Å². The van der Waals surface area contributed by atoms with E-state index in [0.29, 0.717) is 31.1 Å². The number of ether oxygens (including phenoxy) is 1. The largest absolute Gasteiger partial charge is 0.444 e. The molecule has 142 valence electrons. The molecular weight excluding hydrogens is 354 g/mol. The topological polar surface area (TPSA) is 80.0 Å². The molecule has 1 saturated heterocycles. The molecule has 26 heavy (non-hydrogen) atoms. The molecule has 2 amide bonds. The van der Waals surface area contributed by atoms with Crippen LogP contribution in [0.4, 0.5) is 4.79 Å². The van der Waals surface area contributed by atoms with Gasteiger partial charge < -0.3 is 14.5 Å². The minimum absolute atomic E-state index is 0.0107. The van der Waals surface area contributed by atoms with E-state index in [2.05, 4.69) is 10.2 Å². The molecule has 0 spiro atoms. The van der Waals surface area contributed by atoms with E-state index in [1.165, 1.54) is 11.3 Å². The first-order chi connectivity index (χ1) is 12.2. The number of carbonyl (C=O) groups excluding carboxylic acids is 2. The molecule has 1 fully saturated rings. The molecule has 0 aromatic carbocycles. The third-order valence-electron chi connectivity index (χ3n) is 4.28. The highest BCUT2D eigenvalue weighted by Crippen LogP contribution is 2.24. The standard InChI is InChI=1S/C17H25N5O3S/c1-11-13(26-15-19-18-12(2)22(11)15)14(23)20-7-6-8-21(10-9-20)16(24)25-17(3,4)5/h6-10H2,1-5H3. The summed E-state index contributed by atoms with van der Waals surface area (Å²) in [7, 11) is 0. The lowest BCUT2D eigenvalue weighted by Gasteiger charge is -2.26. The molecule has 2 aromatic rings. The van der Waals surface area contributed by atoms with Gasteiger partial charge in [-0.25, -0.2) is 4.79 Å². The van der Waals surface area contributed by atoms with E-state index < -0.39 is 5.60 Å². The van der Waals surface area contributed by atoms with Crippen LogP contribution in [0.15, 0.2) is 0 Å². The highest BCUT2D eigenvalue weighted by molar-refractivity contribution is 7.19. The minimum atomic E-state index is -0.520. The Hall–Kier alpha value is -2.16. The molecule has 0 saturated carbocycles. The van der Waals surface area contributed by atoms with Crippen LogP contribution in [0, 0.1) is 13.8 Å². The van der Waals surface area contributed by atoms with Gasteiger partial charge in [-0.05, 0) is 41.0 Å².